The molecule has 0 spiro atoms. The predicted octanol–water partition coefficient (Wildman–Crippen LogP) is 3.31. The fraction of sp³-hybridized carbons (Fsp3) is 0.286. The first-order valence-corrected chi connectivity index (χ1v) is 6.59. The highest BCUT2D eigenvalue weighted by molar-refractivity contribution is 5.53. The molecule has 0 aliphatic rings. The Kier molecular flexibility index (Phi) is 4.65. The topological polar surface area (TPSA) is 90.2 Å². The Labute approximate surface area is 122 Å². The molecule has 0 saturated carbocycles. The van der Waals surface area contributed by atoms with Gasteiger partial charge < -0.3 is 10.1 Å². The molecule has 1 N–H and O–H groups in total. The van der Waals surface area contributed by atoms with Crippen LogP contribution in [0.4, 0.5) is 11.5 Å². The minimum atomic E-state index is -0.456. The first kappa shape index (κ1) is 14.7. The minimum absolute atomic E-state index is 0.0563. The van der Waals surface area contributed by atoms with Crippen molar-refractivity contribution in [1.82, 2.24) is 9.97 Å². The van der Waals surface area contributed by atoms with Gasteiger partial charge in [-0.25, -0.2) is 9.97 Å². The SMILES string of the molecule is CCCNc1cc(Oc2cccc(C)c2[N+](=O)[O-])ncn1. The number of aromatic nitrogens is 2. The summed E-state index contributed by atoms with van der Waals surface area (Å²) < 4.78 is 5.54. The van der Waals surface area contributed by atoms with Gasteiger partial charge in [0.15, 0.2) is 0 Å². The van der Waals surface area contributed by atoms with Gasteiger partial charge in [-0.2, -0.15) is 0 Å². The number of nitrogens with zero attached hydrogens (tertiary/aromatic N) is 3. The lowest BCUT2D eigenvalue weighted by Gasteiger charge is -2.08. The molecule has 0 fully saturated rings. The highest BCUT2D eigenvalue weighted by Gasteiger charge is 2.19. The Morgan fingerprint density at radius 1 is 1.38 bits per heavy atom. The third-order valence-electron chi connectivity index (χ3n) is 2.80. The Hall–Kier alpha value is -2.70. The lowest BCUT2D eigenvalue weighted by Crippen LogP contribution is -2.03. The van der Waals surface area contributed by atoms with Gasteiger partial charge in [0, 0.05) is 18.2 Å². The molecule has 0 atom stereocenters. The van der Waals surface area contributed by atoms with Crippen LogP contribution in [0.2, 0.25) is 0 Å². The van der Waals surface area contributed by atoms with Gasteiger partial charge in [0.1, 0.15) is 12.1 Å². The lowest BCUT2D eigenvalue weighted by molar-refractivity contribution is -0.386. The van der Waals surface area contributed by atoms with E-state index in [1.165, 1.54) is 6.33 Å². The van der Waals surface area contributed by atoms with Gasteiger partial charge >= 0.3 is 5.69 Å². The highest BCUT2D eigenvalue weighted by Crippen LogP contribution is 2.33. The number of hydrogen-bond donors (Lipinski definition) is 1. The summed E-state index contributed by atoms with van der Waals surface area (Å²) in [5, 5.41) is 14.2. The van der Waals surface area contributed by atoms with E-state index in [1.807, 2.05) is 6.92 Å². The van der Waals surface area contributed by atoms with E-state index in [1.54, 1.807) is 31.2 Å². The molecule has 0 unspecified atom stereocenters. The number of rotatable bonds is 6. The maximum absolute atomic E-state index is 11.1. The Balaban J connectivity index is 2.26. The predicted molar refractivity (Wildman–Crippen MR) is 78.7 cm³/mol. The fourth-order valence-corrected chi connectivity index (χ4v) is 1.81. The first-order chi connectivity index (χ1) is 10.1. The number of nitro benzene ring substituents is 1. The van der Waals surface area contributed by atoms with Gasteiger partial charge in [0.2, 0.25) is 11.6 Å². The van der Waals surface area contributed by atoms with Crippen molar-refractivity contribution in [1.29, 1.82) is 0 Å². The average molecular weight is 288 g/mol. The number of anilines is 1. The van der Waals surface area contributed by atoms with E-state index in [2.05, 4.69) is 15.3 Å². The minimum Gasteiger partial charge on any atom is -0.432 e. The molecule has 110 valence electrons. The van der Waals surface area contributed by atoms with Crippen LogP contribution in [0.3, 0.4) is 0 Å². The van der Waals surface area contributed by atoms with Crippen molar-refractivity contribution < 1.29 is 9.66 Å². The van der Waals surface area contributed by atoms with Crippen molar-refractivity contribution in [2.24, 2.45) is 0 Å². The maximum Gasteiger partial charge on any atom is 0.314 e. The largest absolute Gasteiger partial charge is 0.432 e. The number of nitrogens with one attached hydrogen (secondary N) is 1. The van der Waals surface area contributed by atoms with E-state index in [0.717, 1.165) is 13.0 Å². The fourth-order valence-electron chi connectivity index (χ4n) is 1.81. The van der Waals surface area contributed by atoms with Gasteiger partial charge in [0.25, 0.3) is 0 Å². The summed E-state index contributed by atoms with van der Waals surface area (Å²) in [4.78, 5) is 18.7. The van der Waals surface area contributed by atoms with Crippen LogP contribution in [-0.2, 0) is 0 Å². The van der Waals surface area contributed by atoms with Crippen molar-refractivity contribution in [2.75, 3.05) is 11.9 Å². The summed E-state index contributed by atoms with van der Waals surface area (Å²) in [5.41, 5.74) is 0.482. The van der Waals surface area contributed by atoms with Crippen molar-refractivity contribution in [3.63, 3.8) is 0 Å². The molecular formula is C14H16N4O3. The number of ether oxygens (including phenoxy) is 1. The zero-order valence-corrected chi connectivity index (χ0v) is 11.9. The molecule has 0 saturated heterocycles. The zero-order valence-electron chi connectivity index (χ0n) is 11.9. The van der Waals surface area contributed by atoms with Crippen LogP contribution in [0.5, 0.6) is 11.6 Å². The second kappa shape index (κ2) is 6.65. The Bertz CT molecular complexity index is 646. The number of para-hydroxylation sites is 1. The lowest BCUT2D eigenvalue weighted by atomic mass is 10.2. The van der Waals surface area contributed by atoms with E-state index in [0.29, 0.717) is 11.4 Å². The molecule has 2 rings (SSSR count). The van der Waals surface area contributed by atoms with E-state index < -0.39 is 4.92 Å². The number of aryl methyl sites for hydroxylation is 1. The molecular weight excluding hydrogens is 272 g/mol. The summed E-state index contributed by atoms with van der Waals surface area (Å²) in [6.07, 6.45) is 2.32. The van der Waals surface area contributed by atoms with Gasteiger partial charge in [-0.15, -0.1) is 0 Å². The molecule has 21 heavy (non-hydrogen) atoms. The van der Waals surface area contributed by atoms with E-state index in [4.69, 9.17) is 4.74 Å². The second-order valence-corrected chi connectivity index (χ2v) is 4.45. The normalized spacial score (nSPS) is 10.2. The van der Waals surface area contributed by atoms with Crippen LogP contribution in [-0.4, -0.2) is 21.4 Å². The molecule has 7 heteroatoms. The van der Waals surface area contributed by atoms with E-state index in [-0.39, 0.29) is 17.3 Å². The summed E-state index contributed by atoms with van der Waals surface area (Å²) in [6, 6.07) is 6.53. The third-order valence-corrected chi connectivity index (χ3v) is 2.80. The van der Waals surface area contributed by atoms with Gasteiger partial charge in [-0.1, -0.05) is 19.1 Å². The second-order valence-electron chi connectivity index (χ2n) is 4.45. The first-order valence-electron chi connectivity index (χ1n) is 6.59. The summed E-state index contributed by atoms with van der Waals surface area (Å²) in [7, 11) is 0. The maximum atomic E-state index is 11.1. The van der Waals surface area contributed by atoms with Gasteiger partial charge in [0.05, 0.1) is 4.92 Å². The quantitative estimate of drug-likeness (QED) is 0.647. The van der Waals surface area contributed by atoms with E-state index >= 15 is 0 Å². The number of hydrogen-bond acceptors (Lipinski definition) is 6. The zero-order chi connectivity index (χ0) is 15.2. The molecule has 1 aromatic heterocycles. The monoisotopic (exact) mass is 288 g/mol. The summed E-state index contributed by atoms with van der Waals surface area (Å²) >= 11 is 0. The number of nitro groups is 1. The third kappa shape index (κ3) is 3.65. The van der Waals surface area contributed by atoms with Crippen LogP contribution in [0.1, 0.15) is 18.9 Å². The van der Waals surface area contributed by atoms with E-state index in [9.17, 15) is 10.1 Å². The average Bonchev–Trinajstić information content (AvgIpc) is 2.45. The molecule has 1 aromatic carbocycles. The number of benzene rings is 1. The van der Waals surface area contributed by atoms with Crippen LogP contribution >= 0.6 is 0 Å². The highest BCUT2D eigenvalue weighted by atomic mass is 16.6. The Morgan fingerprint density at radius 2 is 2.19 bits per heavy atom. The van der Waals surface area contributed by atoms with Crippen molar-refractivity contribution in [2.45, 2.75) is 20.3 Å². The molecule has 0 amide bonds. The van der Waals surface area contributed by atoms with Crippen molar-refractivity contribution in [3.8, 4) is 11.6 Å². The summed E-state index contributed by atoms with van der Waals surface area (Å²) in [6.45, 7) is 4.49. The van der Waals surface area contributed by atoms with Crippen LogP contribution < -0.4 is 10.1 Å². The molecule has 7 nitrogen and oxygen atoms in total. The van der Waals surface area contributed by atoms with Gasteiger partial charge in [-0.3, -0.25) is 10.1 Å². The van der Waals surface area contributed by atoms with Crippen LogP contribution in [0.15, 0.2) is 30.6 Å². The van der Waals surface area contributed by atoms with Crippen LogP contribution in [0.25, 0.3) is 0 Å². The van der Waals surface area contributed by atoms with Crippen molar-refractivity contribution in [3.05, 3.63) is 46.3 Å². The van der Waals surface area contributed by atoms with Crippen molar-refractivity contribution >= 4 is 11.5 Å². The van der Waals surface area contributed by atoms with Crippen LogP contribution in [0, 0.1) is 17.0 Å². The molecule has 0 radical (unpaired) electrons. The molecule has 0 aliphatic carbocycles. The molecule has 2 aromatic rings. The molecule has 0 aliphatic heterocycles. The molecule has 1 heterocycles. The smallest absolute Gasteiger partial charge is 0.314 e. The summed E-state index contributed by atoms with van der Waals surface area (Å²) in [5.74, 6) is 1.05. The standard InChI is InChI=1S/C14H16N4O3/c1-3-7-15-12-8-13(17-9-16-12)21-11-6-4-5-10(2)14(11)18(19)20/h4-6,8-9H,3,7H2,1-2H3,(H,15,16,17). The Morgan fingerprint density at radius 3 is 2.90 bits per heavy atom. The molecule has 0 bridgehead atoms. The van der Waals surface area contributed by atoms with Gasteiger partial charge in [-0.05, 0) is 19.4 Å².